The lowest BCUT2D eigenvalue weighted by molar-refractivity contribution is 0.159. The average Bonchev–Trinajstić information content (AvgIpc) is 2.22. The highest BCUT2D eigenvalue weighted by Gasteiger charge is 2.10. The molecule has 16 heavy (non-hydrogen) atoms. The molecule has 1 rings (SSSR count). The maximum atomic E-state index is 9.31. The third-order valence-corrected chi connectivity index (χ3v) is 2.60. The van der Waals surface area contributed by atoms with Crippen molar-refractivity contribution in [2.75, 3.05) is 18.9 Å². The molecular formula is C12H20N2O2. The van der Waals surface area contributed by atoms with E-state index in [-0.39, 0.29) is 12.4 Å². The summed E-state index contributed by atoms with van der Waals surface area (Å²) in [4.78, 5) is 2.14. The van der Waals surface area contributed by atoms with E-state index in [1.165, 1.54) is 0 Å². The molecule has 4 nitrogen and oxygen atoms in total. The Morgan fingerprint density at radius 3 is 2.56 bits per heavy atom. The van der Waals surface area contributed by atoms with Crippen LogP contribution in [0.2, 0.25) is 0 Å². The summed E-state index contributed by atoms with van der Waals surface area (Å²) in [7, 11) is 0. The molecule has 0 aliphatic carbocycles. The summed E-state index contributed by atoms with van der Waals surface area (Å²) in [5.74, 6) is 0.113. The molecule has 0 radical (unpaired) electrons. The van der Waals surface area contributed by atoms with Gasteiger partial charge in [-0.25, -0.2) is 0 Å². The monoisotopic (exact) mass is 224 g/mol. The molecule has 4 heteroatoms. The number of hydrogen-bond acceptors (Lipinski definition) is 4. The van der Waals surface area contributed by atoms with Crippen molar-refractivity contribution < 1.29 is 10.2 Å². The second-order valence-electron chi connectivity index (χ2n) is 4.18. The topological polar surface area (TPSA) is 69.7 Å². The highest BCUT2D eigenvalue weighted by molar-refractivity contribution is 5.53. The van der Waals surface area contributed by atoms with E-state index in [0.717, 1.165) is 12.1 Å². The van der Waals surface area contributed by atoms with E-state index in [4.69, 9.17) is 10.8 Å². The van der Waals surface area contributed by atoms with Crippen molar-refractivity contribution in [1.82, 2.24) is 4.90 Å². The third kappa shape index (κ3) is 3.40. The van der Waals surface area contributed by atoms with Crippen molar-refractivity contribution in [1.29, 1.82) is 0 Å². The van der Waals surface area contributed by atoms with Crippen molar-refractivity contribution in [2.24, 2.45) is 0 Å². The van der Waals surface area contributed by atoms with E-state index in [0.29, 0.717) is 18.3 Å². The zero-order valence-corrected chi connectivity index (χ0v) is 9.85. The van der Waals surface area contributed by atoms with Gasteiger partial charge in [-0.3, -0.25) is 4.90 Å². The van der Waals surface area contributed by atoms with Crippen LogP contribution in [0.5, 0.6) is 5.75 Å². The van der Waals surface area contributed by atoms with Crippen molar-refractivity contribution in [3.8, 4) is 5.75 Å². The highest BCUT2D eigenvalue weighted by Crippen LogP contribution is 2.21. The minimum Gasteiger partial charge on any atom is -0.506 e. The summed E-state index contributed by atoms with van der Waals surface area (Å²) >= 11 is 0. The quantitative estimate of drug-likeness (QED) is 0.519. The largest absolute Gasteiger partial charge is 0.506 e. The molecule has 0 aliphatic heterocycles. The number of benzene rings is 1. The van der Waals surface area contributed by atoms with E-state index in [1.54, 1.807) is 12.1 Å². The molecule has 0 atom stereocenters. The van der Waals surface area contributed by atoms with Gasteiger partial charge in [0, 0.05) is 19.1 Å². The molecule has 1 aromatic carbocycles. The van der Waals surface area contributed by atoms with Gasteiger partial charge in [-0.2, -0.15) is 0 Å². The van der Waals surface area contributed by atoms with Gasteiger partial charge in [0.15, 0.2) is 0 Å². The first-order valence-corrected chi connectivity index (χ1v) is 5.47. The van der Waals surface area contributed by atoms with Gasteiger partial charge in [-0.1, -0.05) is 6.07 Å². The molecule has 0 amide bonds. The fraction of sp³-hybridized carbons (Fsp3) is 0.500. The van der Waals surface area contributed by atoms with Crippen LogP contribution in [0.1, 0.15) is 19.4 Å². The van der Waals surface area contributed by atoms with Crippen molar-refractivity contribution in [3.63, 3.8) is 0 Å². The standard InChI is InChI=1S/C12H20N2O2/c1-9(2)14(5-6-15)8-10-3-4-12(16)11(13)7-10/h3-4,7,9,15-16H,5-6,8,13H2,1-2H3. The minimum absolute atomic E-state index is 0.113. The number of aromatic hydroxyl groups is 1. The van der Waals surface area contributed by atoms with Crippen LogP contribution in [-0.2, 0) is 6.54 Å². The van der Waals surface area contributed by atoms with Gasteiger partial charge in [0.25, 0.3) is 0 Å². The summed E-state index contributed by atoms with van der Waals surface area (Å²) < 4.78 is 0. The number of hydrogen-bond donors (Lipinski definition) is 3. The van der Waals surface area contributed by atoms with Crippen molar-refractivity contribution in [3.05, 3.63) is 23.8 Å². The van der Waals surface area contributed by atoms with E-state index in [1.807, 2.05) is 6.07 Å². The molecule has 0 saturated heterocycles. The van der Waals surface area contributed by atoms with Crippen LogP contribution in [0.15, 0.2) is 18.2 Å². The first-order chi connectivity index (χ1) is 7.54. The molecule has 1 aromatic rings. The fourth-order valence-corrected chi connectivity index (χ4v) is 1.59. The van der Waals surface area contributed by atoms with Crippen LogP contribution in [0.4, 0.5) is 5.69 Å². The summed E-state index contributed by atoms with van der Waals surface area (Å²) in [6, 6.07) is 5.57. The number of phenols is 1. The minimum atomic E-state index is 0.113. The first-order valence-electron chi connectivity index (χ1n) is 5.47. The van der Waals surface area contributed by atoms with E-state index in [9.17, 15) is 5.11 Å². The molecule has 0 saturated carbocycles. The molecule has 0 spiro atoms. The molecule has 0 aliphatic rings. The smallest absolute Gasteiger partial charge is 0.138 e. The van der Waals surface area contributed by atoms with Crippen LogP contribution in [0.3, 0.4) is 0 Å². The van der Waals surface area contributed by atoms with E-state index < -0.39 is 0 Å². The number of nitrogens with zero attached hydrogens (tertiary/aromatic N) is 1. The number of phenolic OH excluding ortho intramolecular Hbond substituents is 1. The summed E-state index contributed by atoms with van der Waals surface area (Å²) in [6.45, 7) is 5.67. The van der Waals surface area contributed by atoms with Gasteiger partial charge in [-0.05, 0) is 31.5 Å². The number of aliphatic hydroxyl groups excluding tert-OH is 1. The number of anilines is 1. The van der Waals surface area contributed by atoms with Crippen LogP contribution >= 0.6 is 0 Å². The lowest BCUT2D eigenvalue weighted by Gasteiger charge is -2.25. The zero-order valence-electron chi connectivity index (χ0n) is 9.85. The summed E-state index contributed by atoms with van der Waals surface area (Å²) in [5.41, 5.74) is 7.06. The van der Waals surface area contributed by atoms with Crippen LogP contribution in [-0.4, -0.2) is 34.3 Å². The summed E-state index contributed by atoms with van der Waals surface area (Å²) in [5, 5.41) is 18.3. The lowest BCUT2D eigenvalue weighted by atomic mass is 10.1. The molecular weight excluding hydrogens is 204 g/mol. The second kappa shape index (κ2) is 5.72. The highest BCUT2D eigenvalue weighted by atomic mass is 16.3. The Kier molecular flexibility index (Phi) is 4.58. The maximum absolute atomic E-state index is 9.31. The van der Waals surface area contributed by atoms with Gasteiger partial charge >= 0.3 is 0 Å². The van der Waals surface area contributed by atoms with Gasteiger partial charge in [0.1, 0.15) is 5.75 Å². The molecule has 0 aromatic heterocycles. The Morgan fingerprint density at radius 1 is 1.38 bits per heavy atom. The van der Waals surface area contributed by atoms with Crippen molar-refractivity contribution >= 4 is 5.69 Å². The fourth-order valence-electron chi connectivity index (χ4n) is 1.59. The normalized spacial score (nSPS) is 11.3. The van der Waals surface area contributed by atoms with Crippen LogP contribution in [0.25, 0.3) is 0 Å². The van der Waals surface area contributed by atoms with E-state index in [2.05, 4.69) is 18.7 Å². The number of nitrogen functional groups attached to an aromatic ring is 1. The Labute approximate surface area is 96.3 Å². The Morgan fingerprint density at radius 2 is 2.06 bits per heavy atom. The molecule has 0 bridgehead atoms. The molecule has 90 valence electrons. The number of rotatable bonds is 5. The predicted octanol–water partition coefficient (Wildman–Crippen LogP) is 1.18. The van der Waals surface area contributed by atoms with Gasteiger partial charge < -0.3 is 15.9 Å². The SMILES string of the molecule is CC(C)N(CCO)Cc1ccc(O)c(N)c1. The molecule has 0 fully saturated rings. The Hall–Kier alpha value is -1.26. The predicted molar refractivity (Wildman–Crippen MR) is 65.2 cm³/mol. The second-order valence-corrected chi connectivity index (χ2v) is 4.18. The lowest BCUT2D eigenvalue weighted by Crippen LogP contribution is -2.32. The van der Waals surface area contributed by atoms with Gasteiger partial charge in [-0.15, -0.1) is 0 Å². The number of nitrogens with two attached hydrogens (primary N) is 1. The molecule has 4 N–H and O–H groups in total. The Bertz CT molecular complexity index is 340. The summed E-state index contributed by atoms with van der Waals surface area (Å²) in [6.07, 6.45) is 0. The first kappa shape index (κ1) is 12.8. The van der Waals surface area contributed by atoms with Gasteiger partial charge in [0.05, 0.1) is 12.3 Å². The van der Waals surface area contributed by atoms with Gasteiger partial charge in [0.2, 0.25) is 0 Å². The maximum Gasteiger partial charge on any atom is 0.138 e. The molecule has 0 unspecified atom stereocenters. The van der Waals surface area contributed by atoms with Crippen LogP contribution < -0.4 is 5.73 Å². The zero-order chi connectivity index (χ0) is 12.1. The molecule has 0 heterocycles. The number of aliphatic hydroxyl groups is 1. The van der Waals surface area contributed by atoms with E-state index >= 15 is 0 Å². The van der Waals surface area contributed by atoms with Crippen LogP contribution in [0, 0.1) is 0 Å². The van der Waals surface area contributed by atoms with Crippen molar-refractivity contribution in [2.45, 2.75) is 26.4 Å². The third-order valence-electron chi connectivity index (χ3n) is 2.60. The Balaban J connectivity index is 2.73. The average molecular weight is 224 g/mol.